The second-order valence-electron chi connectivity index (χ2n) is 7.38. The van der Waals surface area contributed by atoms with Gasteiger partial charge in [0.25, 0.3) is 0 Å². The van der Waals surface area contributed by atoms with Gasteiger partial charge in [-0.3, -0.25) is 4.90 Å². The molecule has 5 heteroatoms. The summed E-state index contributed by atoms with van der Waals surface area (Å²) in [6.45, 7) is 11.3. The largest absolute Gasteiger partial charge is 0.444 e. The zero-order valence-corrected chi connectivity index (χ0v) is 14.8. The second kappa shape index (κ2) is 6.89. The summed E-state index contributed by atoms with van der Waals surface area (Å²) in [6, 6.07) is 10.2. The highest BCUT2D eigenvalue weighted by Gasteiger charge is 2.45. The zero-order chi connectivity index (χ0) is 17.1. The van der Waals surface area contributed by atoms with Gasteiger partial charge in [-0.05, 0) is 40.2 Å². The fraction of sp³-hybridized carbons (Fsp3) is 0.611. The predicted molar refractivity (Wildman–Crippen MR) is 90.0 cm³/mol. The van der Waals surface area contributed by atoms with Crippen LogP contribution >= 0.6 is 0 Å². The van der Waals surface area contributed by atoms with E-state index >= 15 is 0 Å². The van der Waals surface area contributed by atoms with Crippen molar-refractivity contribution in [1.29, 1.82) is 0 Å². The number of carbonyl (C=O) groups is 1. The van der Waals surface area contributed by atoms with Crippen molar-refractivity contribution in [2.24, 2.45) is 0 Å². The van der Waals surface area contributed by atoms with Crippen molar-refractivity contribution < 1.29 is 14.3 Å². The number of nitrogens with one attached hydrogen (secondary N) is 1. The fourth-order valence-electron chi connectivity index (χ4n) is 2.69. The van der Waals surface area contributed by atoms with Crippen LogP contribution in [0.1, 0.15) is 40.2 Å². The van der Waals surface area contributed by atoms with E-state index in [0.29, 0.717) is 13.2 Å². The molecule has 1 amide bonds. The first kappa shape index (κ1) is 17.8. The summed E-state index contributed by atoms with van der Waals surface area (Å²) in [5.41, 5.74) is 0.0497. The maximum atomic E-state index is 12.5. The topological polar surface area (TPSA) is 50.8 Å². The van der Waals surface area contributed by atoms with Crippen molar-refractivity contribution in [1.82, 2.24) is 10.2 Å². The lowest BCUT2D eigenvalue weighted by Crippen LogP contribution is -2.52. The highest BCUT2D eigenvalue weighted by atomic mass is 16.6. The maximum Gasteiger partial charge on any atom is 0.412 e. The molecule has 1 aliphatic rings. The van der Waals surface area contributed by atoms with Crippen LogP contribution in [0.25, 0.3) is 0 Å². The Hall–Kier alpha value is -1.59. The van der Waals surface area contributed by atoms with E-state index in [1.165, 1.54) is 5.56 Å². The lowest BCUT2D eigenvalue weighted by atomic mass is 10.2. The van der Waals surface area contributed by atoms with Gasteiger partial charge in [-0.15, -0.1) is 0 Å². The summed E-state index contributed by atoms with van der Waals surface area (Å²) in [6.07, 6.45) is -0.327. The van der Waals surface area contributed by atoms with E-state index in [1.54, 1.807) is 4.90 Å². The standard InChI is InChI=1S/C18H28N2O3/c1-17(2,3)23-16(21)20-15(13-22-18(20,4)5)12-19-11-14-9-7-6-8-10-14/h6-10,15,19H,11-13H2,1-5H3. The molecule has 0 radical (unpaired) electrons. The number of hydrogen-bond acceptors (Lipinski definition) is 4. The highest BCUT2D eigenvalue weighted by Crippen LogP contribution is 2.29. The van der Waals surface area contributed by atoms with Crippen LogP contribution < -0.4 is 5.32 Å². The fourth-order valence-corrected chi connectivity index (χ4v) is 2.69. The van der Waals surface area contributed by atoms with Gasteiger partial charge in [0.15, 0.2) is 0 Å². The second-order valence-corrected chi connectivity index (χ2v) is 7.38. The molecule has 1 atom stereocenters. The number of rotatable bonds is 4. The minimum atomic E-state index is -0.651. The Balaban J connectivity index is 1.95. The first-order valence-electron chi connectivity index (χ1n) is 8.10. The molecule has 1 saturated heterocycles. The molecule has 1 aromatic carbocycles. The molecule has 0 spiro atoms. The van der Waals surface area contributed by atoms with Crippen LogP contribution in [0.15, 0.2) is 30.3 Å². The van der Waals surface area contributed by atoms with E-state index < -0.39 is 11.3 Å². The van der Waals surface area contributed by atoms with E-state index in [1.807, 2.05) is 52.8 Å². The Morgan fingerprint density at radius 3 is 2.61 bits per heavy atom. The van der Waals surface area contributed by atoms with Crippen LogP contribution in [0.2, 0.25) is 0 Å². The molecule has 1 fully saturated rings. The number of benzene rings is 1. The summed E-state index contributed by atoms with van der Waals surface area (Å²) in [7, 11) is 0. The molecule has 0 bridgehead atoms. The molecule has 1 unspecified atom stereocenters. The van der Waals surface area contributed by atoms with Gasteiger partial charge in [0, 0.05) is 13.1 Å². The van der Waals surface area contributed by atoms with Gasteiger partial charge in [0.2, 0.25) is 0 Å². The molecule has 1 aliphatic heterocycles. The van der Waals surface area contributed by atoms with E-state index in [0.717, 1.165) is 6.54 Å². The van der Waals surface area contributed by atoms with Gasteiger partial charge in [-0.2, -0.15) is 0 Å². The van der Waals surface area contributed by atoms with Gasteiger partial charge in [0.05, 0.1) is 12.6 Å². The average Bonchev–Trinajstić information content (AvgIpc) is 2.73. The third-order valence-electron chi connectivity index (χ3n) is 3.72. The summed E-state index contributed by atoms with van der Waals surface area (Å²) in [5, 5.41) is 3.40. The SMILES string of the molecule is CC(C)(C)OC(=O)N1C(CNCc2ccccc2)COC1(C)C. The van der Waals surface area contributed by atoms with Crippen molar-refractivity contribution in [3.05, 3.63) is 35.9 Å². The molecule has 1 N–H and O–H groups in total. The van der Waals surface area contributed by atoms with Gasteiger partial charge in [0.1, 0.15) is 11.3 Å². The molecule has 0 aliphatic carbocycles. The Labute approximate surface area is 139 Å². The normalized spacial score (nSPS) is 20.6. The summed E-state index contributed by atoms with van der Waals surface area (Å²) in [5.74, 6) is 0. The summed E-state index contributed by atoms with van der Waals surface area (Å²) < 4.78 is 11.3. The van der Waals surface area contributed by atoms with E-state index in [-0.39, 0.29) is 12.1 Å². The Kier molecular flexibility index (Phi) is 5.32. The van der Waals surface area contributed by atoms with Crippen molar-refractivity contribution >= 4 is 6.09 Å². The average molecular weight is 320 g/mol. The van der Waals surface area contributed by atoms with Crippen LogP contribution in [-0.2, 0) is 16.0 Å². The van der Waals surface area contributed by atoms with E-state index in [2.05, 4.69) is 17.4 Å². The van der Waals surface area contributed by atoms with Gasteiger partial charge in [-0.25, -0.2) is 4.79 Å². The van der Waals surface area contributed by atoms with Crippen LogP contribution in [0.4, 0.5) is 4.79 Å². The van der Waals surface area contributed by atoms with Crippen LogP contribution in [0.3, 0.4) is 0 Å². The van der Waals surface area contributed by atoms with E-state index in [4.69, 9.17) is 9.47 Å². The Morgan fingerprint density at radius 2 is 2.00 bits per heavy atom. The number of hydrogen-bond donors (Lipinski definition) is 1. The first-order chi connectivity index (χ1) is 10.7. The van der Waals surface area contributed by atoms with Gasteiger partial charge < -0.3 is 14.8 Å². The van der Waals surface area contributed by atoms with Gasteiger partial charge in [-0.1, -0.05) is 30.3 Å². The molecule has 23 heavy (non-hydrogen) atoms. The van der Waals surface area contributed by atoms with Crippen LogP contribution in [-0.4, -0.2) is 41.5 Å². The zero-order valence-electron chi connectivity index (χ0n) is 14.8. The maximum absolute atomic E-state index is 12.5. The number of nitrogens with zero attached hydrogens (tertiary/aromatic N) is 1. The van der Waals surface area contributed by atoms with Crippen molar-refractivity contribution in [2.75, 3.05) is 13.2 Å². The lowest BCUT2D eigenvalue weighted by molar-refractivity contribution is -0.0623. The Morgan fingerprint density at radius 1 is 1.35 bits per heavy atom. The summed E-state index contributed by atoms with van der Waals surface area (Å²) >= 11 is 0. The number of ether oxygens (including phenoxy) is 2. The lowest BCUT2D eigenvalue weighted by Gasteiger charge is -2.35. The third kappa shape index (κ3) is 4.94. The molecule has 0 aromatic heterocycles. The van der Waals surface area contributed by atoms with Crippen molar-refractivity contribution in [3.8, 4) is 0 Å². The minimum absolute atomic E-state index is 0.0384. The molecule has 1 aromatic rings. The highest BCUT2D eigenvalue weighted by molar-refractivity contribution is 5.69. The monoisotopic (exact) mass is 320 g/mol. The first-order valence-corrected chi connectivity index (χ1v) is 8.10. The summed E-state index contributed by atoms with van der Waals surface area (Å²) in [4.78, 5) is 14.2. The molecule has 2 rings (SSSR count). The molecular weight excluding hydrogens is 292 g/mol. The molecule has 0 saturated carbocycles. The van der Waals surface area contributed by atoms with E-state index in [9.17, 15) is 4.79 Å². The van der Waals surface area contributed by atoms with Crippen LogP contribution in [0, 0.1) is 0 Å². The molecular formula is C18H28N2O3. The van der Waals surface area contributed by atoms with Crippen LogP contribution in [0.5, 0.6) is 0 Å². The smallest absolute Gasteiger partial charge is 0.412 e. The quantitative estimate of drug-likeness (QED) is 0.926. The van der Waals surface area contributed by atoms with Gasteiger partial charge >= 0.3 is 6.09 Å². The molecule has 128 valence electrons. The third-order valence-corrected chi connectivity index (χ3v) is 3.72. The minimum Gasteiger partial charge on any atom is -0.444 e. The molecule has 1 heterocycles. The number of amides is 1. The van der Waals surface area contributed by atoms with Crippen molar-refractivity contribution in [2.45, 2.75) is 58.5 Å². The number of carbonyl (C=O) groups excluding carboxylic acids is 1. The Bertz CT molecular complexity index is 523. The van der Waals surface area contributed by atoms with Crippen molar-refractivity contribution in [3.63, 3.8) is 0 Å². The molecule has 5 nitrogen and oxygen atoms in total. The predicted octanol–water partition coefficient (Wildman–Crippen LogP) is 3.15.